The van der Waals surface area contributed by atoms with Crippen LogP contribution < -0.4 is 0 Å². The molecule has 0 aliphatic heterocycles. The van der Waals surface area contributed by atoms with Crippen molar-refractivity contribution >= 4 is 5.97 Å². The molecule has 4 nitrogen and oxygen atoms in total. The first-order valence-corrected chi connectivity index (χ1v) is 11.2. The summed E-state index contributed by atoms with van der Waals surface area (Å²) in [6.45, 7) is 6.95. The second-order valence-corrected chi connectivity index (χ2v) is 7.97. The highest BCUT2D eigenvalue weighted by Crippen LogP contribution is 2.17. The van der Waals surface area contributed by atoms with Gasteiger partial charge in [-0.2, -0.15) is 0 Å². The minimum Gasteiger partial charge on any atom is -0.465 e. The van der Waals surface area contributed by atoms with Crippen molar-refractivity contribution in [3.63, 3.8) is 0 Å². The topological polar surface area (TPSA) is 52.1 Å². The maximum Gasteiger partial charge on any atom is 0.306 e. The monoisotopic (exact) mass is 396 g/mol. The third-order valence-electron chi connectivity index (χ3n) is 5.33. The molecule has 2 aromatic rings. The Morgan fingerprint density at radius 3 is 2.28 bits per heavy atom. The first kappa shape index (κ1) is 23.1. The molecule has 0 unspecified atom stereocenters. The Hall–Kier alpha value is -2.23. The molecule has 0 aliphatic carbocycles. The maximum absolute atomic E-state index is 11.8. The average molecular weight is 397 g/mol. The minimum atomic E-state index is -0.122. The van der Waals surface area contributed by atoms with Crippen LogP contribution in [0.5, 0.6) is 0 Å². The lowest BCUT2D eigenvalue weighted by atomic mass is 10.1. The summed E-state index contributed by atoms with van der Waals surface area (Å²) in [5, 5.41) is 0. The Balaban J connectivity index is 1.78. The van der Waals surface area contributed by atoms with Crippen LogP contribution >= 0.6 is 0 Å². The summed E-state index contributed by atoms with van der Waals surface area (Å²) in [5.41, 5.74) is 3.33. The summed E-state index contributed by atoms with van der Waals surface area (Å²) in [5.74, 6) is 1.05. The summed E-state index contributed by atoms with van der Waals surface area (Å²) in [4.78, 5) is 20.9. The van der Waals surface area contributed by atoms with Gasteiger partial charge in [-0.25, -0.2) is 9.97 Å². The Morgan fingerprint density at radius 2 is 1.62 bits per heavy atom. The Kier molecular flexibility index (Phi) is 10.4. The van der Waals surface area contributed by atoms with E-state index in [2.05, 4.69) is 30.7 Å². The molecule has 0 bridgehead atoms. The highest BCUT2D eigenvalue weighted by molar-refractivity contribution is 5.69. The van der Waals surface area contributed by atoms with Gasteiger partial charge in [0.05, 0.1) is 6.61 Å². The second kappa shape index (κ2) is 13.1. The number of benzene rings is 1. The summed E-state index contributed by atoms with van der Waals surface area (Å²) in [6.07, 6.45) is 13.5. The van der Waals surface area contributed by atoms with Crippen LogP contribution in [0.2, 0.25) is 0 Å². The van der Waals surface area contributed by atoms with Crippen LogP contribution in [0.15, 0.2) is 36.7 Å². The fourth-order valence-corrected chi connectivity index (χ4v) is 3.06. The van der Waals surface area contributed by atoms with Crippen LogP contribution in [-0.2, 0) is 22.4 Å². The van der Waals surface area contributed by atoms with Gasteiger partial charge in [-0.15, -0.1) is 0 Å². The van der Waals surface area contributed by atoms with E-state index >= 15 is 0 Å². The quantitative estimate of drug-likeness (QED) is 0.300. The summed E-state index contributed by atoms with van der Waals surface area (Å²) >= 11 is 0. The molecule has 0 spiro atoms. The number of nitrogens with zero attached hydrogens (tertiary/aromatic N) is 2. The lowest BCUT2D eigenvalue weighted by Crippen LogP contribution is -2.11. The minimum absolute atomic E-state index is 0.122. The van der Waals surface area contributed by atoms with Crippen molar-refractivity contribution in [2.75, 3.05) is 6.61 Å². The molecule has 2 rings (SSSR count). The summed E-state index contributed by atoms with van der Waals surface area (Å²) in [6, 6.07) is 8.14. The lowest BCUT2D eigenvalue weighted by molar-refractivity contribution is -0.144. The number of aryl methyl sites for hydroxylation is 2. The molecular formula is C25H36N2O2. The van der Waals surface area contributed by atoms with Crippen LogP contribution in [0.3, 0.4) is 0 Å². The predicted molar refractivity (Wildman–Crippen MR) is 119 cm³/mol. The van der Waals surface area contributed by atoms with Gasteiger partial charge >= 0.3 is 5.97 Å². The maximum atomic E-state index is 11.8. The smallest absolute Gasteiger partial charge is 0.306 e. The number of esters is 1. The normalized spacial score (nSPS) is 12.0. The van der Waals surface area contributed by atoms with Crippen molar-refractivity contribution in [1.29, 1.82) is 0 Å². The van der Waals surface area contributed by atoms with E-state index in [9.17, 15) is 4.79 Å². The number of hydrogen-bond donors (Lipinski definition) is 0. The van der Waals surface area contributed by atoms with Gasteiger partial charge in [0.2, 0.25) is 0 Å². The Morgan fingerprint density at radius 1 is 0.931 bits per heavy atom. The fraction of sp³-hybridized carbons (Fsp3) is 0.560. The number of carbonyl (C=O) groups excluding carboxylic acids is 1. The van der Waals surface area contributed by atoms with Crippen molar-refractivity contribution in [3.05, 3.63) is 47.8 Å². The first-order valence-electron chi connectivity index (χ1n) is 11.2. The standard InChI is InChI=1S/C25H36N2O2/c1-4-6-7-8-9-10-22-17-26-25(27-18-22)23-14-11-21(12-15-23)13-16-24(28)29-19-20(3)5-2/h11-12,14-15,17-18,20H,4-10,13,16,19H2,1-3H3/t20-/m1/s1. The third kappa shape index (κ3) is 8.76. The molecule has 1 atom stereocenters. The van der Waals surface area contributed by atoms with Crippen LogP contribution in [0.4, 0.5) is 0 Å². The highest BCUT2D eigenvalue weighted by Gasteiger charge is 2.07. The number of hydrogen-bond acceptors (Lipinski definition) is 4. The van der Waals surface area contributed by atoms with Crippen LogP contribution in [0, 0.1) is 5.92 Å². The van der Waals surface area contributed by atoms with E-state index in [0.29, 0.717) is 25.4 Å². The Labute approximate surface area is 176 Å². The molecule has 0 N–H and O–H groups in total. The molecule has 0 radical (unpaired) electrons. The number of carbonyl (C=O) groups is 1. The lowest BCUT2D eigenvalue weighted by Gasteiger charge is -2.09. The number of unbranched alkanes of at least 4 members (excludes halogenated alkanes) is 4. The molecular weight excluding hydrogens is 360 g/mol. The summed E-state index contributed by atoms with van der Waals surface area (Å²) < 4.78 is 5.31. The van der Waals surface area contributed by atoms with E-state index in [-0.39, 0.29) is 5.97 Å². The third-order valence-corrected chi connectivity index (χ3v) is 5.33. The molecule has 29 heavy (non-hydrogen) atoms. The van der Waals surface area contributed by atoms with Gasteiger partial charge in [-0.05, 0) is 36.3 Å². The molecule has 0 saturated heterocycles. The van der Waals surface area contributed by atoms with E-state index in [0.717, 1.165) is 29.8 Å². The van der Waals surface area contributed by atoms with E-state index in [1.807, 2.05) is 36.7 Å². The van der Waals surface area contributed by atoms with E-state index in [4.69, 9.17) is 4.74 Å². The van der Waals surface area contributed by atoms with Crippen molar-refractivity contribution in [3.8, 4) is 11.4 Å². The van der Waals surface area contributed by atoms with Gasteiger partial charge in [-0.3, -0.25) is 4.79 Å². The van der Waals surface area contributed by atoms with Gasteiger partial charge in [0.15, 0.2) is 5.82 Å². The van der Waals surface area contributed by atoms with E-state index < -0.39 is 0 Å². The zero-order chi connectivity index (χ0) is 20.9. The number of ether oxygens (including phenoxy) is 1. The van der Waals surface area contributed by atoms with Crippen molar-refractivity contribution in [2.24, 2.45) is 5.92 Å². The van der Waals surface area contributed by atoms with Crippen molar-refractivity contribution in [2.45, 2.75) is 78.6 Å². The highest BCUT2D eigenvalue weighted by atomic mass is 16.5. The average Bonchev–Trinajstić information content (AvgIpc) is 2.76. The van der Waals surface area contributed by atoms with Crippen LogP contribution in [0.25, 0.3) is 11.4 Å². The number of aromatic nitrogens is 2. The zero-order valence-electron chi connectivity index (χ0n) is 18.3. The van der Waals surface area contributed by atoms with Gasteiger partial charge in [0, 0.05) is 24.4 Å². The van der Waals surface area contributed by atoms with E-state index in [1.165, 1.54) is 37.7 Å². The first-order chi connectivity index (χ1) is 14.1. The van der Waals surface area contributed by atoms with Crippen LogP contribution in [-0.4, -0.2) is 22.5 Å². The van der Waals surface area contributed by atoms with Crippen LogP contribution in [0.1, 0.15) is 76.8 Å². The number of rotatable bonds is 13. The second-order valence-electron chi connectivity index (χ2n) is 7.97. The van der Waals surface area contributed by atoms with Gasteiger partial charge in [0.25, 0.3) is 0 Å². The molecule has 4 heteroatoms. The van der Waals surface area contributed by atoms with E-state index in [1.54, 1.807) is 0 Å². The summed E-state index contributed by atoms with van der Waals surface area (Å²) in [7, 11) is 0. The predicted octanol–water partition coefficient (Wildman–Crippen LogP) is 6.18. The molecule has 158 valence electrons. The molecule has 0 fully saturated rings. The van der Waals surface area contributed by atoms with Gasteiger partial charge in [-0.1, -0.05) is 77.1 Å². The van der Waals surface area contributed by atoms with Crippen molar-refractivity contribution < 1.29 is 9.53 Å². The van der Waals surface area contributed by atoms with Gasteiger partial charge in [0.1, 0.15) is 0 Å². The fourth-order valence-electron chi connectivity index (χ4n) is 3.06. The van der Waals surface area contributed by atoms with Gasteiger partial charge < -0.3 is 4.74 Å². The Bertz CT molecular complexity index is 711. The SMILES string of the molecule is CCCCCCCc1cnc(-c2ccc(CCC(=O)OC[C@H](C)CC)cc2)nc1. The zero-order valence-corrected chi connectivity index (χ0v) is 18.3. The van der Waals surface area contributed by atoms with Crippen molar-refractivity contribution in [1.82, 2.24) is 9.97 Å². The largest absolute Gasteiger partial charge is 0.465 e. The molecule has 0 aliphatic rings. The molecule has 1 heterocycles. The molecule has 1 aromatic carbocycles. The molecule has 0 saturated carbocycles. The molecule has 0 amide bonds. The molecule has 1 aromatic heterocycles.